The maximum absolute atomic E-state index is 5.96. The molecule has 0 atom stereocenters. The third kappa shape index (κ3) is 2.79. The molecule has 1 aromatic heterocycles. The van der Waals surface area contributed by atoms with Crippen LogP contribution in [0.4, 0.5) is 0 Å². The molecule has 20 heavy (non-hydrogen) atoms. The minimum atomic E-state index is 0.455. The third-order valence-corrected chi connectivity index (χ3v) is 4.35. The van der Waals surface area contributed by atoms with Crippen LogP contribution in [-0.2, 0) is 12.5 Å². The zero-order chi connectivity index (χ0) is 13.9. The molecule has 4 heteroatoms. The van der Waals surface area contributed by atoms with Crippen molar-refractivity contribution < 1.29 is 4.74 Å². The Kier molecular flexibility index (Phi) is 3.90. The van der Waals surface area contributed by atoms with Crippen molar-refractivity contribution in [3.8, 4) is 5.75 Å². The average Bonchev–Trinajstić information content (AvgIpc) is 2.88. The number of hydrogen-bond donors (Lipinski definition) is 0. The van der Waals surface area contributed by atoms with Gasteiger partial charge in [0.15, 0.2) is 0 Å². The second kappa shape index (κ2) is 5.81. The van der Waals surface area contributed by atoms with E-state index in [0.29, 0.717) is 12.5 Å². The summed E-state index contributed by atoms with van der Waals surface area (Å²) in [6.45, 7) is 2.53. The Morgan fingerprint density at radius 2 is 2.05 bits per heavy atom. The van der Waals surface area contributed by atoms with Crippen molar-refractivity contribution in [3.05, 3.63) is 58.6 Å². The lowest BCUT2D eigenvalue weighted by molar-refractivity contribution is 0.303. The van der Waals surface area contributed by atoms with Crippen molar-refractivity contribution in [1.82, 2.24) is 4.98 Å². The Morgan fingerprint density at radius 3 is 2.85 bits per heavy atom. The quantitative estimate of drug-likeness (QED) is 0.638. The number of nitrogens with zero attached hydrogens (tertiary/aromatic N) is 1. The lowest BCUT2D eigenvalue weighted by Gasteiger charge is -2.09. The van der Waals surface area contributed by atoms with Crippen LogP contribution in [0.15, 0.2) is 42.5 Å². The second-order valence-electron chi connectivity index (χ2n) is 4.61. The maximum Gasteiger partial charge on any atom is 0.140 e. The first-order valence-corrected chi connectivity index (χ1v) is 7.74. The molecule has 0 saturated heterocycles. The lowest BCUT2D eigenvalue weighted by Crippen LogP contribution is -1.97. The van der Waals surface area contributed by atoms with E-state index in [2.05, 4.69) is 17.1 Å². The van der Waals surface area contributed by atoms with Gasteiger partial charge in [0.2, 0.25) is 0 Å². The van der Waals surface area contributed by atoms with Crippen LogP contribution < -0.4 is 4.74 Å². The van der Waals surface area contributed by atoms with Crippen LogP contribution in [0.25, 0.3) is 10.2 Å². The fourth-order valence-electron chi connectivity index (χ4n) is 2.07. The third-order valence-electron chi connectivity index (χ3n) is 3.05. The minimum Gasteiger partial charge on any atom is -0.486 e. The van der Waals surface area contributed by atoms with Crippen molar-refractivity contribution in [2.24, 2.45) is 0 Å². The first-order valence-electron chi connectivity index (χ1n) is 6.39. The van der Waals surface area contributed by atoms with E-state index in [-0.39, 0.29) is 0 Å². The van der Waals surface area contributed by atoms with Gasteiger partial charge in [-0.25, -0.2) is 4.98 Å². The molecule has 0 N–H and O–H groups in total. The zero-order valence-electron chi connectivity index (χ0n) is 11.1. The maximum atomic E-state index is 5.96. The smallest absolute Gasteiger partial charge is 0.140 e. The number of rotatable bonds is 4. The molecule has 0 aliphatic rings. The summed E-state index contributed by atoms with van der Waals surface area (Å²) in [6, 6.07) is 14.2. The van der Waals surface area contributed by atoms with Crippen molar-refractivity contribution >= 4 is 33.2 Å². The van der Waals surface area contributed by atoms with Crippen LogP contribution in [0, 0.1) is 6.92 Å². The van der Waals surface area contributed by atoms with Crippen LogP contribution in [0.2, 0.25) is 0 Å². The first-order chi connectivity index (χ1) is 9.76. The standard InChI is InChI=1S/C16H14ClNOS/c1-11-6-7-14(12(8-11)9-17)19-10-16-18-13-4-2-3-5-15(13)20-16/h2-8H,9-10H2,1H3. The van der Waals surface area contributed by atoms with E-state index in [1.807, 2.05) is 37.3 Å². The van der Waals surface area contributed by atoms with E-state index in [4.69, 9.17) is 16.3 Å². The average molecular weight is 304 g/mol. The van der Waals surface area contributed by atoms with Gasteiger partial charge in [-0.1, -0.05) is 29.8 Å². The van der Waals surface area contributed by atoms with Crippen LogP contribution in [0.1, 0.15) is 16.1 Å². The van der Waals surface area contributed by atoms with Gasteiger partial charge in [-0.3, -0.25) is 0 Å². The number of aryl methyl sites for hydroxylation is 1. The molecule has 0 spiro atoms. The summed E-state index contributed by atoms with van der Waals surface area (Å²) in [5.41, 5.74) is 3.23. The van der Waals surface area contributed by atoms with Gasteiger partial charge in [0.05, 0.1) is 16.1 Å². The van der Waals surface area contributed by atoms with E-state index in [1.165, 1.54) is 10.3 Å². The largest absolute Gasteiger partial charge is 0.486 e. The molecule has 0 saturated carbocycles. The van der Waals surface area contributed by atoms with Crippen LogP contribution in [-0.4, -0.2) is 4.98 Å². The number of para-hydroxylation sites is 1. The van der Waals surface area contributed by atoms with Gasteiger partial charge in [0, 0.05) is 5.56 Å². The van der Waals surface area contributed by atoms with E-state index in [9.17, 15) is 0 Å². The SMILES string of the molecule is Cc1ccc(OCc2nc3ccccc3s2)c(CCl)c1. The highest BCUT2D eigenvalue weighted by Gasteiger charge is 2.07. The lowest BCUT2D eigenvalue weighted by atomic mass is 10.1. The van der Waals surface area contributed by atoms with Gasteiger partial charge in [0.1, 0.15) is 17.4 Å². The zero-order valence-corrected chi connectivity index (χ0v) is 12.7. The number of thiazole rings is 1. The molecule has 3 rings (SSSR count). The van der Waals surface area contributed by atoms with E-state index < -0.39 is 0 Å². The van der Waals surface area contributed by atoms with Crippen molar-refractivity contribution in [2.45, 2.75) is 19.4 Å². The Bertz CT molecular complexity index is 705. The molecule has 2 nitrogen and oxygen atoms in total. The number of fused-ring (bicyclic) bond motifs is 1. The molecule has 0 aliphatic carbocycles. The fraction of sp³-hybridized carbons (Fsp3) is 0.188. The van der Waals surface area contributed by atoms with Crippen LogP contribution in [0.5, 0.6) is 5.75 Å². The normalized spacial score (nSPS) is 10.9. The number of halogens is 1. The Morgan fingerprint density at radius 1 is 1.20 bits per heavy atom. The summed E-state index contributed by atoms with van der Waals surface area (Å²) in [4.78, 5) is 4.56. The van der Waals surface area contributed by atoms with Crippen molar-refractivity contribution in [3.63, 3.8) is 0 Å². The highest BCUT2D eigenvalue weighted by molar-refractivity contribution is 7.18. The van der Waals surface area contributed by atoms with Gasteiger partial charge in [-0.05, 0) is 25.1 Å². The number of benzene rings is 2. The summed E-state index contributed by atoms with van der Waals surface area (Å²) >= 11 is 7.62. The van der Waals surface area contributed by atoms with Gasteiger partial charge in [-0.2, -0.15) is 0 Å². The van der Waals surface area contributed by atoms with Gasteiger partial charge >= 0.3 is 0 Å². The molecular formula is C16H14ClNOS. The Labute approximate surface area is 127 Å². The monoisotopic (exact) mass is 303 g/mol. The first kappa shape index (κ1) is 13.4. The molecule has 3 aromatic rings. The molecule has 0 radical (unpaired) electrons. The van der Waals surface area contributed by atoms with E-state index in [1.54, 1.807) is 11.3 Å². The van der Waals surface area contributed by atoms with Gasteiger partial charge in [-0.15, -0.1) is 22.9 Å². The molecule has 0 aliphatic heterocycles. The summed E-state index contributed by atoms with van der Waals surface area (Å²) in [5.74, 6) is 1.29. The molecule has 0 bridgehead atoms. The molecule has 0 unspecified atom stereocenters. The van der Waals surface area contributed by atoms with E-state index >= 15 is 0 Å². The molecule has 2 aromatic carbocycles. The van der Waals surface area contributed by atoms with Gasteiger partial charge in [0.25, 0.3) is 0 Å². The highest BCUT2D eigenvalue weighted by atomic mass is 35.5. The summed E-state index contributed by atoms with van der Waals surface area (Å²) in [7, 11) is 0. The molecule has 102 valence electrons. The summed E-state index contributed by atoms with van der Waals surface area (Å²) in [5, 5.41) is 0.979. The predicted octanol–water partition coefficient (Wildman–Crippen LogP) is 4.92. The molecular weight excluding hydrogens is 290 g/mol. The van der Waals surface area contributed by atoms with Crippen molar-refractivity contribution in [1.29, 1.82) is 0 Å². The predicted molar refractivity (Wildman–Crippen MR) is 84.7 cm³/mol. The fourth-order valence-corrected chi connectivity index (χ4v) is 3.16. The number of hydrogen-bond acceptors (Lipinski definition) is 3. The Hall–Kier alpha value is -1.58. The van der Waals surface area contributed by atoms with Crippen LogP contribution >= 0.6 is 22.9 Å². The number of ether oxygens (including phenoxy) is 1. The second-order valence-corrected chi connectivity index (χ2v) is 5.99. The topological polar surface area (TPSA) is 22.1 Å². The van der Waals surface area contributed by atoms with Crippen molar-refractivity contribution in [2.75, 3.05) is 0 Å². The minimum absolute atomic E-state index is 0.455. The number of aromatic nitrogens is 1. The van der Waals surface area contributed by atoms with E-state index in [0.717, 1.165) is 21.8 Å². The Balaban J connectivity index is 1.79. The molecule has 0 fully saturated rings. The molecule has 0 amide bonds. The highest BCUT2D eigenvalue weighted by Crippen LogP contribution is 2.25. The summed E-state index contributed by atoms with van der Waals surface area (Å²) in [6.07, 6.45) is 0. The van der Waals surface area contributed by atoms with Crippen LogP contribution in [0.3, 0.4) is 0 Å². The van der Waals surface area contributed by atoms with Gasteiger partial charge < -0.3 is 4.74 Å². The summed E-state index contributed by atoms with van der Waals surface area (Å²) < 4.78 is 7.05. The number of alkyl halides is 1. The molecule has 1 heterocycles.